The number of benzene rings is 4. The molecule has 212 valence electrons. The Morgan fingerprint density at radius 3 is 1.23 bits per heavy atom. The SMILES string of the molecule is CCc1cc(S(=O)(=O)CCCO)c2ccc3c(S(=O)(=O)CCCO)cc(S(=O)(=O)CCCO)c4ccc1c2c43. The predicted molar refractivity (Wildman–Crippen MR) is 151 cm³/mol. The van der Waals surface area contributed by atoms with Crippen molar-refractivity contribution in [1.29, 1.82) is 0 Å². The van der Waals surface area contributed by atoms with Crippen LogP contribution in [0.15, 0.2) is 51.1 Å². The van der Waals surface area contributed by atoms with Crippen LogP contribution in [-0.4, -0.2) is 77.7 Å². The molecule has 0 spiro atoms. The smallest absolute Gasteiger partial charge is 0.179 e. The molecule has 0 aromatic heterocycles. The van der Waals surface area contributed by atoms with Gasteiger partial charge in [-0.15, -0.1) is 0 Å². The predicted octanol–water partition coefficient (Wildman–Crippen LogP) is 2.61. The zero-order valence-corrected chi connectivity index (χ0v) is 24.0. The van der Waals surface area contributed by atoms with Crippen LogP contribution in [0.2, 0.25) is 0 Å². The van der Waals surface area contributed by atoms with Crippen LogP contribution >= 0.6 is 0 Å². The average Bonchev–Trinajstić information content (AvgIpc) is 2.91. The molecule has 0 saturated carbocycles. The molecule has 12 heteroatoms. The summed E-state index contributed by atoms with van der Waals surface area (Å²) in [6.45, 7) is 0.852. The standard InChI is InChI=1S/C27H32O9S3/c1-2-18-16-23(37(31,32)13-3-10-28)20-8-9-22-25(39(35,36)15-5-12-30)17-24(38(33,34)14-4-11-29)21-7-6-19(18)26(20)27(21)22/h6-9,16-17,28-30H,2-5,10-15H2,1H3. The molecule has 0 atom stereocenters. The second kappa shape index (κ2) is 11.3. The number of sulfone groups is 3. The van der Waals surface area contributed by atoms with E-state index in [1.807, 2.05) is 6.92 Å². The summed E-state index contributed by atoms with van der Waals surface area (Å²) in [5, 5.41) is 30.1. The Balaban J connectivity index is 2.24. The van der Waals surface area contributed by atoms with Gasteiger partial charge in [-0.05, 0) is 59.5 Å². The van der Waals surface area contributed by atoms with Crippen LogP contribution in [-0.2, 0) is 35.9 Å². The molecule has 4 rings (SSSR count). The maximum absolute atomic E-state index is 13.4. The maximum Gasteiger partial charge on any atom is 0.179 e. The molecule has 0 bridgehead atoms. The van der Waals surface area contributed by atoms with Crippen molar-refractivity contribution in [2.45, 2.75) is 47.3 Å². The van der Waals surface area contributed by atoms with Gasteiger partial charge in [-0.1, -0.05) is 31.2 Å². The monoisotopic (exact) mass is 596 g/mol. The minimum atomic E-state index is -4.04. The summed E-state index contributed by atoms with van der Waals surface area (Å²) in [4.78, 5) is -0.355. The third kappa shape index (κ3) is 5.38. The van der Waals surface area contributed by atoms with Crippen LogP contribution < -0.4 is 0 Å². The van der Waals surface area contributed by atoms with Crippen LogP contribution in [0, 0.1) is 0 Å². The highest BCUT2D eigenvalue weighted by Crippen LogP contribution is 2.44. The Morgan fingerprint density at radius 1 is 0.538 bits per heavy atom. The minimum Gasteiger partial charge on any atom is -0.396 e. The number of aliphatic hydroxyl groups is 3. The van der Waals surface area contributed by atoms with E-state index in [2.05, 4.69) is 0 Å². The van der Waals surface area contributed by atoms with Crippen LogP contribution in [0.3, 0.4) is 0 Å². The van der Waals surface area contributed by atoms with Crippen LogP contribution in [0.5, 0.6) is 0 Å². The van der Waals surface area contributed by atoms with E-state index in [1.54, 1.807) is 24.3 Å². The molecule has 4 aromatic rings. The zero-order valence-electron chi connectivity index (χ0n) is 21.6. The Hall–Kier alpha value is -2.35. The number of aryl methyl sites for hydroxylation is 1. The van der Waals surface area contributed by atoms with Gasteiger partial charge in [-0.25, -0.2) is 25.3 Å². The molecule has 0 aliphatic heterocycles. The van der Waals surface area contributed by atoms with Gasteiger partial charge < -0.3 is 15.3 Å². The molecule has 0 aliphatic rings. The van der Waals surface area contributed by atoms with E-state index in [0.717, 1.165) is 6.07 Å². The fraction of sp³-hybridized carbons (Fsp3) is 0.407. The molecule has 4 aromatic carbocycles. The van der Waals surface area contributed by atoms with Crippen molar-refractivity contribution in [1.82, 2.24) is 0 Å². The first-order valence-corrected chi connectivity index (χ1v) is 17.7. The molecule has 0 heterocycles. The van der Waals surface area contributed by atoms with E-state index in [-0.39, 0.29) is 70.3 Å². The highest BCUT2D eigenvalue weighted by Gasteiger charge is 2.29. The average molecular weight is 597 g/mol. The molecule has 0 aliphatic carbocycles. The van der Waals surface area contributed by atoms with Crippen molar-refractivity contribution in [2.75, 3.05) is 37.1 Å². The van der Waals surface area contributed by atoms with Crippen LogP contribution in [0.1, 0.15) is 31.7 Å². The molecule has 0 radical (unpaired) electrons. The van der Waals surface area contributed by atoms with Gasteiger partial charge in [-0.3, -0.25) is 0 Å². The number of hydrogen-bond acceptors (Lipinski definition) is 9. The van der Waals surface area contributed by atoms with Crippen molar-refractivity contribution in [3.05, 3.63) is 42.0 Å². The summed E-state index contributed by atoms with van der Waals surface area (Å²) in [5.41, 5.74) is 0.706. The normalized spacial score (nSPS) is 13.2. The molecule has 9 nitrogen and oxygen atoms in total. The van der Waals surface area contributed by atoms with Gasteiger partial charge in [0.15, 0.2) is 29.5 Å². The summed E-state index contributed by atoms with van der Waals surface area (Å²) < 4.78 is 80.4. The highest BCUT2D eigenvalue weighted by molar-refractivity contribution is 7.92. The molecule has 0 amide bonds. The molecular weight excluding hydrogens is 564 g/mol. The summed E-state index contributed by atoms with van der Waals surface area (Å²) >= 11 is 0. The Labute approximate surface area is 228 Å². The molecular formula is C27H32O9S3. The van der Waals surface area contributed by atoms with E-state index in [4.69, 9.17) is 0 Å². The summed E-state index contributed by atoms with van der Waals surface area (Å²) in [5.74, 6) is -1.08. The first-order valence-electron chi connectivity index (χ1n) is 12.7. The summed E-state index contributed by atoms with van der Waals surface area (Å²) in [7, 11) is -11.9. The first kappa shape index (κ1) is 29.6. The minimum absolute atomic E-state index is 0.0376. The van der Waals surface area contributed by atoms with E-state index in [0.29, 0.717) is 33.5 Å². The van der Waals surface area contributed by atoms with Gasteiger partial charge in [0.2, 0.25) is 0 Å². The lowest BCUT2D eigenvalue weighted by Gasteiger charge is -2.20. The van der Waals surface area contributed by atoms with Gasteiger partial charge in [0, 0.05) is 36.0 Å². The number of hydrogen-bond donors (Lipinski definition) is 3. The molecule has 3 N–H and O–H groups in total. The lowest BCUT2D eigenvalue weighted by Crippen LogP contribution is -2.14. The van der Waals surface area contributed by atoms with Crippen molar-refractivity contribution in [3.63, 3.8) is 0 Å². The fourth-order valence-electron chi connectivity index (χ4n) is 5.13. The quantitative estimate of drug-likeness (QED) is 0.197. The third-order valence-electron chi connectivity index (χ3n) is 6.97. The van der Waals surface area contributed by atoms with Gasteiger partial charge >= 0.3 is 0 Å². The summed E-state index contributed by atoms with van der Waals surface area (Å²) in [6.07, 6.45) is 0.445. The summed E-state index contributed by atoms with van der Waals surface area (Å²) in [6, 6.07) is 9.18. The topological polar surface area (TPSA) is 163 Å². The molecule has 39 heavy (non-hydrogen) atoms. The van der Waals surface area contributed by atoms with Crippen molar-refractivity contribution in [3.8, 4) is 0 Å². The lowest BCUT2D eigenvalue weighted by molar-refractivity contribution is 0.295. The lowest BCUT2D eigenvalue weighted by atomic mass is 9.91. The molecule has 0 unspecified atom stereocenters. The maximum atomic E-state index is 13.4. The van der Waals surface area contributed by atoms with E-state index >= 15 is 0 Å². The van der Waals surface area contributed by atoms with Crippen molar-refractivity contribution < 1.29 is 40.6 Å². The van der Waals surface area contributed by atoms with Crippen LogP contribution in [0.25, 0.3) is 32.3 Å². The molecule has 0 fully saturated rings. The number of aliphatic hydroxyl groups excluding tert-OH is 3. The number of rotatable bonds is 13. The van der Waals surface area contributed by atoms with E-state index < -0.39 is 41.0 Å². The zero-order chi connectivity index (χ0) is 28.6. The van der Waals surface area contributed by atoms with Gasteiger partial charge in [0.25, 0.3) is 0 Å². The Morgan fingerprint density at radius 2 is 0.872 bits per heavy atom. The fourth-order valence-corrected chi connectivity index (χ4v) is 9.82. The largest absolute Gasteiger partial charge is 0.396 e. The van der Waals surface area contributed by atoms with Crippen LogP contribution in [0.4, 0.5) is 0 Å². The van der Waals surface area contributed by atoms with Gasteiger partial charge in [0.05, 0.1) is 31.9 Å². The molecule has 0 saturated heterocycles. The van der Waals surface area contributed by atoms with E-state index in [1.165, 1.54) is 6.07 Å². The highest BCUT2D eigenvalue weighted by atomic mass is 32.2. The van der Waals surface area contributed by atoms with Crippen molar-refractivity contribution in [2.24, 2.45) is 0 Å². The second-order valence-corrected chi connectivity index (χ2v) is 15.8. The van der Waals surface area contributed by atoms with Crippen molar-refractivity contribution >= 4 is 61.8 Å². The van der Waals surface area contributed by atoms with E-state index in [9.17, 15) is 40.6 Å². The van der Waals surface area contributed by atoms with Gasteiger partial charge in [-0.2, -0.15) is 0 Å². The second-order valence-electron chi connectivity index (χ2n) is 9.52. The first-order chi connectivity index (χ1) is 18.4. The Kier molecular flexibility index (Phi) is 8.56. The third-order valence-corrected chi connectivity index (χ3v) is 12.5. The van der Waals surface area contributed by atoms with Gasteiger partial charge in [0.1, 0.15) is 0 Å². The Bertz CT molecular complexity index is 1790.